The van der Waals surface area contributed by atoms with Gasteiger partial charge >= 0.3 is 0 Å². The Hall–Kier alpha value is -1.96. The third-order valence-corrected chi connectivity index (χ3v) is 5.54. The van der Waals surface area contributed by atoms with E-state index in [4.69, 9.17) is 0 Å². The van der Waals surface area contributed by atoms with E-state index in [1.165, 1.54) is 31.3 Å². The molecule has 0 aliphatic rings. The van der Waals surface area contributed by atoms with Crippen molar-refractivity contribution in [3.8, 4) is 0 Å². The van der Waals surface area contributed by atoms with Crippen molar-refractivity contribution >= 4 is 27.3 Å². The fourth-order valence-electron chi connectivity index (χ4n) is 2.04. The maximum absolute atomic E-state index is 12.6. The van der Waals surface area contributed by atoms with Gasteiger partial charge in [-0.25, -0.2) is 13.1 Å². The average molecular weight is 350 g/mol. The number of nitrogens with one attached hydrogen (secondary N) is 1. The highest BCUT2D eigenvalue weighted by Gasteiger charge is 2.17. The van der Waals surface area contributed by atoms with Crippen LogP contribution in [0.2, 0.25) is 0 Å². The van der Waals surface area contributed by atoms with Gasteiger partial charge in [-0.2, -0.15) is 0 Å². The van der Waals surface area contributed by atoms with Crippen LogP contribution in [-0.4, -0.2) is 32.8 Å². The smallest absolute Gasteiger partial charge is 0.254 e. The van der Waals surface area contributed by atoms with E-state index in [9.17, 15) is 13.2 Å². The summed E-state index contributed by atoms with van der Waals surface area (Å²) in [5, 5.41) is 1.96. The summed E-state index contributed by atoms with van der Waals surface area (Å²) in [6.07, 6.45) is 1.67. The molecule has 23 heavy (non-hydrogen) atoms. The summed E-state index contributed by atoms with van der Waals surface area (Å²) in [4.78, 5) is 15.5. The molecule has 5 nitrogen and oxygen atoms in total. The van der Waals surface area contributed by atoms with Crippen molar-refractivity contribution in [3.63, 3.8) is 0 Å². The Kier molecular flexibility index (Phi) is 5.70. The van der Waals surface area contributed by atoms with Crippen molar-refractivity contribution in [2.45, 2.75) is 11.4 Å². The Balaban J connectivity index is 2.21. The van der Waals surface area contributed by atoms with Gasteiger partial charge in [0.15, 0.2) is 0 Å². The first kappa shape index (κ1) is 17.4. The molecule has 2 aromatic rings. The van der Waals surface area contributed by atoms with Crippen LogP contribution in [0.4, 0.5) is 0 Å². The van der Waals surface area contributed by atoms with Crippen molar-refractivity contribution in [1.29, 1.82) is 0 Å². The standard InChI is InChI=1S/C16H18N2O3S2/c1-3-10-18(12-14-5-4-11-22-14)16(19)13-6-8-15(9-7-13)23(20,21)17-2/h3-9,11,17H,1,10,12H2,2H3. The summed E-state index contributed by atoms with van der Waals surface area (Å²) in [7, 11) is -2.15. The molecule has 7 heteroatoms. The molecule has 0 saturated heterocycles. The van der Waals surface area contributed by atoms with Crippen molar-refractivity contribution in [2.75, 3.05) is 13.6 Å². The number of hydrogen-bond acceptors (Lipinski definition) is 4. The van der Waals surface area contributed by atoms with E-state index in [-0.39, 0.29) is 10.8 Å². The number of sulfonamides is 1. The highest BCUT2D eigenvalue weighted by atomic mass is 32.2. The monoisotopic (exact) mass is 350 g/mol. The second kappa shape index (κ2) is 7.54. The molecule has 1 aromatic heterocycles. The number of benzene rings is 1. The van der Waals surface area contributed by atoms with Gasteiger partial charge in [-0.15, -0.1) is 17.9 Å². The highest BCUT2D eigenvalue weighted by Crippen LogP contribution is 2.16. The highest BCUT2D eigenvalue weighted by molar-refractivity contribution is 7.89. The first-order valence-corrected chi connectivity index (χ1v) is 9.30. The topological polar surface area (TPSA) is 66.5 Å². The maximum atomic E-state index is 12.6. The molecule has 0 saturated carbocycles. The summed E-state index contributed by atoms with van der Waals surface area (Å²) < 4.78 is 25.7. The van der Waals surface area contributed by atoms with Gasteiger partial charge < -0.3 is 4.90 Å². The van der Waals surface area contributed by atoms with Crippen LogP contribution in [-0.2, 0) is 16.6 Å². The van der Waals surface area contributed by atoms with Crippen LogP contribution >= 0.6 is 11.3 Å². The number of carbonyl (C=O) groups excluding carboxylic acids is 1. The third-order valence-electron chi connectivity index (χ3n) is 3.24. The SMILES string of the molecule is C=CCN(Cc1cccs1)C(=O)c1ccc(S(=O)(=O)NC)cc1. The molecular formula is C16H18N2O3S2. The lowest BCUT2D eigenvalue weighted by atomic mass is 10.2. The second-order valence-electron chi connectivity index (χ2n) is 4.79. The van der Waals surface area contributed by atoms with Gasteiger partial charge in [-0.3, -0.25) is 4.79 Å². The zero-order valence-electron chi connectivity index (χ0n) is 12.7. The maximum Gasteiger partial charge on any atom is 0.254 e. The zero-order chi connectivity index (χ0) is 16.9. The van der Waals surface area contributed by atoms with Crippen LogP contribution in [0.25, 0.3) is 0 Å². The molecule has 0 aliphatic carbocycles. The molecule has 0 unspecified atom stereocenters. The first-order valence-electron chi connectivity index (χ1n) is 6.94. The zero-order valence-corrected chi connectivity index (χ0v) is 14.4. The fourth-order valence-corrected chi connectivity index (χ4v) is 3.49. The van der Waals surface area contributed by atoms with Crippen LogP contribution in [0.1, 0.15) is 15.2 Å². The van der Waals surface area contributed by atoms with Crippen LogP contribution < -0.4 is 4.72 Å². The lowest BCUT2D eigenvalue weighted by molar-refractivity contribution is 0.0764. The van der Waals surface area contributed by atoms with E-state index in [1.54, 1.807) is 22.3 Å². The summed E-state index contributed by atoms with van der Waals surface area (Å²) in [6, 6.07) is 9.81. The normalized spacial score (nSPS) is 11.2. The molecule has 0 aliphatic heterocycles. The predicted molar refractivity (Wildman–Crippen MR) is 91.9 cm³/mol. The largest absolute Gasteiger partial charge is 0.330 e. The Morgan fingerprint density at radius 3 is 2.52 bits per heavy atom. The number of carbonyl (C=O) groups is 1. The van der Waals surface area contributed by atoms with Gasteiger partial charge in [-0.05, 0) is 42.8 Å². The molecule has 1 heterocycles. The van der Waals surface area contributed by atoms with Crippen molar-refractivity contribution < 1.29 is 13.2 Å². The van der Waals surface area contributed by atoms with Crippen molar-refractivity contribution in [3.05, 3.63) is 64.9 Å². The summed E-state index contributed by atoms with van der Waals surface area (Å²) >= 11 is 1.58. The van der Waals surface area contributed by atoms with Crippen LogP contribution in [0.5, 0.6) is 0 Å². The molecule has 1 N–H and O–H groups in total. The van der Waals surface area contributed by atoms with Gasteiger partial charge in [0.25, 0.3) is 5.91 Å². The molecule has 0 bridgehead atoms. The average Bonchev–Trinajstić information content (AvgIpc) is 3.07. The Morgan fingerprint density at radius 1 is 1.30 bits per heavy atom. The quantitative estimate of drug-likeness (QED) is 0.780. The Morgan fingerprint density at radius 2 is 2.00 bits per heavy atom. The molecule has 0 atom stereocenters. The summed E-state index contributed by atoms with van der Waals surface area (Å²) in [6.45, 7) is 4.61. The molecular weight excluding hydrogens is 332 g/mol. The van der Waals surface area contributed by atoms with Gasteiger partial charge in [0.1, 0.15) is 0 Å². The van der Waals surface area contributed by atoms with E-state index in [2.05, 4.69) is 11.3 Å². The van der Waals surface area contributed by atoms with Crippen LogP contribution in [0.3, 0.4) is 0 Å². The van der Waals surface area contributed by atoms with Crippen molar-refractivity contribution in [2.24, 2.45) is 0 Å². The molecule has 2 rings (SSSR count). The van der Waals surface area contributed by atoms with Gasteiger partial charge in [-0.1, -0.05) is 12.1 Å². The molecule has 0 spiro atoms. The number of amides is 1. The molecule has 1 amide bonds. The number of rotatable bonds is 7. The molecule has 1 aromatic carbocycles. The summed E-state index contributed by atoms with van der Waals surface area (Å²) in [5.74, 6) is -0.160. The first-order chi connectivity index (χ1) is 11.0. The fraction of sp³-hybridized carbons (Fsp3) is 0.188. The van der Waals surface area contributed by atoms with Crippen molar-refractivity contribution in [1.82, 2.24) is 9.62 Å². The number of hydrogen-bond donors (Lipinski definition) is 1. The minimum absolute atomic E-state index is 0.130. The van der Waals surface area contributed by atoms with E-state index in [0.29, 0.717) is 18.7 Å². The Labute approximate surface area is 140 Å². The molecule has 122 valence electrons. The lowest BCUT2D eigenvalue weighted by Gasteiger charge is -2.20. The van der Waals surface area contributed by atoms with Gasteiger partial charge in [0.05, 0.1) is 11.4 Å². The second-order valence-corrected chi connectivity index (χ2v) is 7.70. The van der Waals surface area contributed by atoms with E-state index in [0.717, 1.165) is 4.88 Å². The number of thiophene rings is 1. The summed E-state index contributed by atoms with van der Waals surface area (Å²) in [5.41, 5.74) is 0.443. The van der Waals surface area contributed by atoms with Gasteiger partial charge in [0, 0.05) is 17.0 Å². The van der Waals surface area contributed by atoms with Crippen LogP contribution in [0.15, 0.2) is 59.3 Å². The van der Waals surface area contributed by atoms with E-state index >= 15 is 0 Å². The van der Waals surface area contributed by atoms with E-state index in [1.807, 2.05) is 17.5 Å². The minimum Gasteiger partial charge on any atom is -0.330 e. The predicted octanol–water partition coefficient (Wildman–Crippen LogP) is 2.48. The van der Waals surface area contributed by atoms with Crippen LogP contribution in [0, 0.1) is 0 Å². The lowest BCUT2D eigenvalue weighted by Crippen LogP contribution is -2.30. The number of nitrogens with zero attached hydrogens (tertiary/aromatic N) is 1. The minimum atomic E-state index is -3.50. The molecule has 0 radical (unpaired) electrons. The van der Waals surface area contributed by atoms with Gasteiger partial charge in [0.2, 0.25) is 10.0 Å². The Bertz CT molecular complexity index is 766. The van der Waals surface area contributed by atoms with E-state index < -0.39 is 10.0 Å². The third kappa shape index (κ3) is 4.28. The molecule has 0 fully saturated rings.